The molecule has 0 amide bonds. The van der Waals surface area contributed by atoms with Crippen LogP contribution in [-0.4, -0.2) is 9.64 Å². The van der Waals surface area contributed by atoms with Crippen LogP contribution >= 0.6 is 0 Å². The van der Waals surface area contributed by atoms with E-state index in [1.165, 1.54) is 0 Å². The first-order chi connectivity index (χ1) is 2.73. The first-order valence-corrected chi connectivity index (χ1v) is 4.80. The summed E-state index contributed by atoms with van der Waals surface area (Å²) in [7, 11) is 0. The second kappa shape index (κ2) is 279. The molecule has 0 saturated heterocycles. The van der Waals surface area contributed by atoms with E-state index in [0.717, 1.165) is 0 Å². The fraction of sp³-hybridized carbons (Fsp3) is 0. The molecule has 0 atom stereocenters. The zero-order chi connectivity index (χ0) is 5.58. The molecular formula is CH2NOV30-. The Balaban J connectivity index is -0.000000000201. The number of hydrogen-bond donors (Lipinski definition) is 1. The van der Waals surface area contributed by atoms with Gasteiger partial charge in [0.15, 0.2) is 0 Å². The molecule has 0 aliphatic heterocycles. The van der Waals surface area contributed by atoms with Crippen LogP contribution in [0.3, 0.4) is 0 Å². The molecule has 2 N–H and O–H groups in total. The van der Waals surface area contributed by atoms with E-state index in [-0.39, 0.29) is 501 Å². The summed E-state index contributed by atoms with van der Waals surface area (Å²) in [6.07, 6.45) is 0. The summed E-state index contributed by atoms with van der Waals surface area (Å²) in [6, 6.07) is 0. The summed E-state index contributed by atoms with van der Waals surface area (Å²) in [5, 5.41) is 7.61. The molecule has 32 heteroatoms. The number of aliphatic hydroxyl groups is 1. The van der Waals surface area contributed by atoms with Crippen LogP contribution in [0.4, 0.5) is 0 Å². The number of hydrogen-bond acceptors (Lipinski definition) is 1. The summed E-state index contributed by atoms with van der Waals surface area (Å²) in [5.74, 6) is 0. The molecule has 27 radical (unpaired) electrons. The minimum atomic E-state index is -0.396. The van der Waals surface area contributed by atoms with Crippen molar-refractivity contribution >= 4 is 4.54 Å². The van der Waals surface area contributed by atoms with Crippen LogP contribution in [-0.2, 0) is 547 Å². The molecular weight excluding hydrogens is 1570 g/mol. The van der Waals surface area contributed by atoms with Gasteiger partial charge in [-0.1, -0.05) is 0 Å². The van der Waals surface area contributed by atoms with Crippen LogP contribution in [0.15, 0.2) is 0 Å². The Morgan fingerprint density at radius 1 is 0.303 bits per heavy atom. The molecule has 2 nitrogen and oxygen atoms in total. The van der Waals surface area contributed by atoms with Gasteiger partial charge in [0.2, 0.25) is 0 Å². The molecule has 33 heavy (non-hydrogen) atoms. The first kappa shape index (κ1) is 269. The van der Waals surface area contributed by atoms with E-state index in [1.54, 1.807) is 17.0 Å². The van der Waals surface area contributed by atoms with Crippen LogP contribution in [0.2, 0.25) is 0 Å². The Bertz CT molecular complexity index is 50.6. The van der Waals surface area contributed by atoms with Gasteiger partial charge in [-0.15, -0.1) is 0 Å². The van der Waals surface area contributed by atoms with Gasteiger partial charge in [0.05, 0.1) is 0 Å². The van der Waals surface area contributed by atoms with Gasteiger partial charge in [-0.3, -0.25) is 0 Å². The normalized spacial score (nSPS) is 0.818. The molecule has 0 spiro atoms. The van der Waals surface area contributed by atoms with Crippen molar-refractivity contribution in [1.82, 2.24) is 0 Å². The molecule has 0 bridgehead atoms. The molecule has 0 heterocycles. The Hall–Kier alpha value is 17.3. The van der Waals surface area contributed by atoms with Crippen molar-refractivity contribution in [2.45, 2.75) is 0 Å². The Morgan fingerprint density at radius 2 is 0.303 bits per heavy atom. The van der Waals surface area contributed by atoms with E-state index >= 15 is 0 Å². The van der Waals surface area contributed by atoms with E-state index in [1.807, 2.05) is 0 Å². The van der Waals surface area contributed by atoms with Crippen LogP contribution in [0.1, 0.15) is 0 Å². The predicted molar refractivity (Wildman–Crippen MR) is 11.3 cm³/mol. The van der Waals surface area contributed by atoms with Gasteiger partial charge < -0.3 is 0 Å². The summed E-state index contributed by atoms with van der Waals surface area (Å²) in [5.41, 5.74) is 6.03. The van der Waals surface area contributed by atoms with Gasteiger partial charge >= 0.3 is 61.6 Å². The SMILES string of the molecule is [NH-][C](O)=[V].[V].[V].[V].[V].[V].[V].[V].[V].[V].[V].[V].[V].[V].[V].[V].[V].[V].[V].[V].[V].[V].[V].[V].[V].[V].[V].[V].[V]=[V]. The fourth-order valence-electron chi connectivity index (χ4n) is 0. The first-order valence-electron chi connectivity index (χ1n) is 0.897. The summed E-state index contributed by atoms with van der Waals surface area (Å²) < 4.78 is -0.396. The molecule has 0 rings (SSSR count). The third-order valence-corrected chi connectivity index (χ3v) is 0. The summed E-state index contributed by atoms with van der Waals surface area (Å²) in [6.45, 7) is 0. The zero-order valence-corrected chi connectivity index (χ0v) is 56.8. The van der Waals surface area contributed by atoms with Gasteiger partial charge in [0.25, 0.3) is 0 Å². The number of rotatable bonds is 0. The molecule has 0 fully saturated rings. The Labute approximate surface area is 547 Å². The van der Waals surface area contributed by atoms with Crippen molar-refractivity contribution < 1.29 is 552 Å². The van der Waals surface area contributed by atoms with Crippen molar-refractivity contribution in [3.05, 3.63) is 5.73 Å². The standard InChI is InChI=1S/CH2NO.30V/c2-1-3;;;;;;;;;;;;;;;;;;;;;;;;;;;;;;/h2-3H;;;;;;;;;;;;;;;;;;;;;;;;;;;;;;/q-1;;;;;;;;;;;;;;;;;;;;;;;;;;;;;;. The second-order valence-corrected chi connectivity index (χ2v) is 0.985. The monoisotopic (exact) mass is 1570 g/mol. The third-order valence-electron chi connectivity index (χ3n) is 0. The van der Waals surface area contributed by atoms with Crippen molar-refractivity contribution in [2.75, 3.05) is 0 Å². The van der Waals surface area contributed by atoms with Gasteiger partial charge in [0.1, 0.15) is 0 Å². The van der Waals surface area contributed by atoms with Gasteiger partial charge in [-0.05, 0) is 0 Å². The topological polar surface area (TPSA) is 44.0 Å². The van der Waals surface area contributed by atoms with Crippen molar-refractivity contribution in [2.24, 2.45) is 0 Å². The second-order valence-electron chi connectivity index (χ2n) is 0.324. The van der Waals surface area contributed by atoms with Crippen LogP contribution in [0.5, 0.6) is 0 Å². The molecule has 0 aromatic carbocycles. The molecule has 0 saturated carbocycles. The summed E-state index contributed by atoms with van der Waals surface area (Å²) >= 11 is 6.17. The molecule has 0 unspecified atom stereocenters. The summed E-state index contributed by atoms with van der Waals surface area (Å²) in [4.78, 5) is 0. The van der Waals surface area contributed by atoms with E-state index in [2.05, 4.69) is 29.3 Å². The molecule has 0 aliphatic carbocycles. The maximum atomic E-state index is 7.61. The van der Waals surface area contributed by atoms with E-state index in [9.17, 15) is 0 Å². The van der Waals surface area contributed by atoms with Gasteiger partial charge in [-0.25, -0.2) is 0 Å². The third kappa shape index (κ3) is 368. The molecule has 0 aliphatic rings. The maximum absolute atomic E-state index is 7.61. The van der Waals surface area contributed by atoms with E-state index < -0.39 is 4.54 Å². The zero-order valence-electron chi connectivity index (χ0n) is 14.9. The van der Waals surface area contributed by atoms with Gasteiger partial charge in [-0.2, -0.15) is 0 Å². The number of nitrogens with one attached hydrogen (secondary N) is 1. The number of aliphatic hydroxyl groups excluding tert-OH is 1. The molecule has 0 aromatic heterocycles. The minimum absolute atomic E-state index is 0. The van der Waals surface area contributed by atoms with Crippen LogP contribution < -0.4 is 0 Å². The van der Waals surface area contributed by atoms with Crippen LogP contribution in [0, 0.1) is 0 Å². The fourth-order valence-corrected chi connectivity index (χ4v) is 0. The van der Waals surface area contributed by atoms with Gasteiger partial charge in [0, 0.05) is 501 Å². The van der Waals surface area contributed by atoms with Crippen molar-refractivity contribution in [1.29, 1.82) is 0 Å². The van der Waals surface area contributed by atoms with Crippen LogP contribution in [0.25, 0.3) is 5.73 Å². The van der Waals surface area contributed by atoms with Crippen molar-refractivity contribution in [3.8, 4) is 0 Å². The van der Waals surface area contributed by atoms with Crippen molar-refractivity contribution in [3.63, 3.8) is 0 Å². The molecule has 0 aromatic rings. The quantitative estimate of drug-likeness (QED) is 0.365. The molecule has 168 valence electrons. The average Bonchev–Trinajstić information content (AvgIpc) is 1.41. The average molecular weight is 1570 g/mol. The van der Waals surface area contributed by atoms with E-state index in [4.69, 9.17) is 10.8 Å². The Kier molecular flexibility index (Phi) is 2280. The predicted octanol–water partition coefficient (Wildman–Crippen LogP) is -0.0272. The van der Waals surface area contributed by atoms with E-state index in [0.29, 0.717) is 0 Å². The Morgan fingerprint density at radius 3 is 0.303 bits per heavy atom.